The van der Waals surface area contributed by atoms with Gasteiger partial charge in [-0.1, -0.05) is 19.6 Å². The molecule has 1 aliphatic heterocycles. The van der Waals surface area contributed by atoms with E-state index in [-0.39, 0.29) is 29.3 Å². The van der Waals surface area contributed by atoms with Crippen LogP contribution in [0.2, 0.25) is 0 Å². The molecule has 6 nitrogen and oxygen atoms in total. The summed E-state index contributed by atoms with van der Waals surface area (Å²) in [7, 11) is -2.45. The molecule has 11 heteroatoms. The average molecular weight is 433 g/mol. The highest BCUT2D eigenvalue weighted by molar-refractivity contribution is 7.89. The number of fused-ring (bicyclic) bond motifs is 1. The van der Waals surface area contributed by atoms with E-state index in [1.807, 2.05) is 0 Å². The van der Waals surface area contributed by atoms with Gasteiger partial charge in [0, 0.05) is 30.5 Å². The highest BCUT2D eigenvalue weighted by Gasteiger charge is 2.35. The van der Waals surface area contributed by atoms with Gasteiger partial charge in [-0.05, 0) is 25.1 Å². The fourth-order valence-corrected chi connectivity index (χ4v) is 4.32. The third-order valence-electron chi connectivity index (χ3n) is 4.11. The number of rotatable bonds is 2. The summed E-state index contributed by atoms with van der Waals surface area (Å²) >= 11 is 0. The second kappa shape index (κ2) is 7.64. The maximum atomic E-state index is 13.4. The largest absolute Gasteiger partial charge is 0.419 e. The zero-order valence-corrected chi connectivity index (χ0v) is 15.5. The molecule has 0 spiro atoms. The van der Waals surface area contributed by atoms with Crippen molar-refractivity contribution in [2.24, 2.45) is 7.05 Å². The SMILES string of the molecule is C.C[C@H]1C=Cc2c(cn(C)c2C(=O)Nc2ccc(F)c(C(F)(F)F)c2)S(=O)(=O)N1. The first-order valence-corrected chi connectivity index (χ1v) is 9.46. The van der Waals surface area contributed by atoms with Gasteiger partial charge in [0.1, 0.15) is 16.4 Å². The molecule has 2 N–H and O–H groups in total. The summed E-state index contributed by atoms with van der Waals surface area (Å²) < 4.78 is 80.4. The lowest BCUT2D eigenvalue weighted by molar-refractivity contribution is -0.139. The Morgan fingerprint density at radius 1 is 1.28 bits per heavy atom. The molecule has 0 saturated carbocycles. The Bertz CT molecular complexity index is 1090. The molecule has 0 saturated heterocycles. The number of alkyl halides is 3. The summed E-state index contributed by atoms with van der Waals surface area (Å²) in [5, 5.41) is 2.26. The Labute approximate surface area is 165 Å². The average Bonchev–Trinajstić information content (AvgIpc) is 2.85. The van der Waals surface area contributed by atoms with Crippen molar-refractivity contribution < 1.29 is 30.8 Å². The summed E-state index contributed by atoms with van der Waals surface area (Å²) in [6.07, 6.45) is -0.690. The van der Waals surface area contributed by atoms with Gasteiger partial charge in [-0.3, -0.25) is 4.79 Å². The number of carbonyl (C=O) groups excluding carboxylic acids is 1. The number of aryl methyl sites for hydroxylation is 1. The first-order chi connectivity index (χ1) is 12.9. The van der Waals surface area contributed by atoms with Gasteiger partial charge in [0.25, 0.3) is 5.91 Å². The first kappa shape index (κ1) is 22.6. The Morgan fingerprint density at radius 3 is 2.55 bits per heavy atom. The predicted octanol–water partition coefficient (Wildman–Crippen LogP) is 3.77. The molecular weight excluding hydrogens is 414 g/mol. The van der Waals surface area contributed by atoms with E-state index in [0.717, 1.165) is 6.07 Å². The summed E-state index contributed by atoms with van der Waals surface area (Å²) in [6.45, 7) is 1.61. The molecule has 0 radical (unpaired) electrons. The van der Waals surface area contributed by atoms with E-state index in [4.69, 9.17) is 0 Å². The Balaban J connectivity index is 0.00000300. The van der Waals surface area contributed by atoms with Crippen molar-refractivity contribution in [2.75, 3.05) is 5.32 Å². The second-order valence-electron chi connectivity index (χ2n) is 6.28. The summed E-state index contributed by atoms with van der Waals surface area (Å²) in [5.41, 5.74) is -1.75. The molecular formula is C18H19F4N3O3S. The van der Waals surface area contributed by atoms with Crippen LogP contribution < -0.4 is 10.0 Å². The smallest absolute Gasteiger partial charge is 0.345 e. The summed E-state index contributed by atoms with van der Waals surface area (Å²) in [6, 6.07) is 1.55. The Morgan fingerprint density at radius 2 is 1.93 bits per heavy atom. The van der Waals surface area contributed by atoms with Gasteiger partial charge in [0.2, 0.25) is 10.0 Å². The molecule has 3 rings (SSSR count). The van der Waals surface area contributed by atoms with Gasteiger partial charge in [-0.15, -0.1) is 0 Å². The molecule has 2 heterocycles. The normalized spacial score (nSPS) is 17.8. The lowest BCUT2D eigenvalue weighted by Gasteiger charge is -2.12. The van der Waals surface area contributed by atoms with Crippen LogP contribution >= 0.6 is 0 Å². The van der Waals surface area contributed by atoms with E-state index in [1.165, 1.54) is 23.9 Å². The number of benzene rings is 1. The number of sulfonamides is 1. The minimum atomic E-state index is -4.93. The van der Waals surface area contributed by atoms with E-state index in [2.05, 4.69) is 10.0 Å². The lowest BCUT2D eigenvalue weighted by Crippen LogP contribution is -2.30. The Hall–Kier alpha value is -2.66. The molecule has 0 bridgehead atoms. The second-order valence-corrected chi connectivity index (χ2v) is 7.96. The number of carbonyl (C=O) groups is 1. The van der Waals surface area contributed by atoms with Crippen LogP contribution in [-0.4, -0.2) is 24.9 Å². The zero-order chi connectivity index (χ0) is 20.9. The minimum Gasteiger partial charge on any atom is -0.345 e. The number of hydrogen-bond acceptors (Lipinski definition) is 3. The van der Waals surface area contributed by atoms with Crippen molar-refractivity contribution in [2.45, 2.75) is 31.5 Å². The van der Waals surface area contributed by atoms with E-state index in [1.54, 1.807) is 13.0 Å². The van der Waals surface area contributed by atoms with Gasteiger partial charge < -0.3 is 9.88 Å². The molecule has 1 aliphatic rings. The van der Waals surface area contributed by atoms with Crippen molar-refractivity contribution in [3.05, 3.63) is 53.1 Å². The van der Waals surface area contributed by atoms with Crippen molar-refractivity contribution in [1.29, 1.82) is 0 Å². The molecule has 0 unspecified atom stereocenters. The van der Waals surface area contributed by atoms with Crippen molar-refractivity contribution in [3.8, 4) is 0 Å². The Kier molecular flexibility index (Phi) is 5.96. The highest BCUT2D eigenvalue weighted by Crippen LogP contribution is 2.33. The first-order valence-electron chi connectivity index (χ1n) is 7.98. The van der Waals surface area contributed by atoms with Gasteiger partial charge in [0.15, 0.2) is 0 Å². The topological polar surface area (TPSA) is 80.2 Å². The number of aromatic nitrogens is 1. The van der Waals surface area contributed by atoms with E-state index in [9.17, 15) is 30.8 Å². The maximum Gasteiger partial charge on any atom is 0.419 e. The quantitative estimate of drug-likeness (QED) is 0.708. The van der Waals surface area contributed by atoms with Crippen LogP contribution in [0.15, 0.2) is 35.4 Å². The van der Waals surface area contributed by atoms with Crippen LogP contribution in [-0.2, 0) is 23.2 Å². The number of nitrogens with one attached hydrogen (secondary N) is 2. The third-order valence-corrected chi connectivity index (χ3v) is 5.70. The van der Waals surface area contributed by atoms with Crippen LogP contribution in [0, 0.1) is 5.82 Å². The van der Waals surface area contributed by atoms with Crippen LogP contribution in [0.5, 0.6) is 0 Å². The van der Waals surface area contributed by atoms with Gasteiger partial charge >= 0.3 is 6.18 Å². The molecule has 158 valence electrons. The lowest BCUT2D eigenvalue weighted by atomic mass is 10.1. The fourth-order valence-electron chi connectivity index (χ4n) is 2.87. The number of amides is 1. The van der Waals surface area contributed by atoms with Crippen molar-refractivity contribution in [1.82, 2.24) is 9.29 Å². The molecule has 29 heavy (non-hydrogen) atoms. The number of halogens is 4. The van der Waals surface area contributed by atoms with Crippen LogP contribution in [0.25, 0.3) is 6.08 Å². The van der Waals surface area contributed by atoms with Crippen LogP contribution in [0.4, 0.5) is 23.2 Å². The van der Waals surface area contributed by atoms with E-state index in [0.29, 0.717) is 12.1 Å². The van der Waals surface area contributed by atoms with Gasteiger partial charge in [0.05, 0.1) is 5.56 Å². The van der Waals surface area contributed by atoms with Gasteiger partial charge in [-0.25, -0.2) is 17.5 Å². The van der Waals surface area contributed by atoms with Crippen LogP contribution in [0.3, 0.4) is 0 Å². The van der Waals surface area contributed by atoms with Crippen molar-refractivity contribution >= 4 is 27.7 Å². The van der Waals surface area contributed by atoms with Crippen molar-refractivity contribution in [3.63, 3.8) is 0 Å². The highest BCUT2D eigenvalue weighted by atomic mass is 32.2. The summed E-state index contributed by atoms with van der Waals surface area (Å²) in [4.78, 5) is 12.5. The standard InChI is InChI=1S/C17H15F4N3O3S.CH4/c1-9-3-5-11-14(28(26,27)23-9)8-24(2)15(11)16(25)22-10-4-6-13(18)12(7-10)17(19,20)21;/h3-9,23H,1-2H3,(H,22,25);1H4/t9-;/m0./s1. The van der Waals surface area contributed by atoms with E-state index < -0.39 is 39.5 Å². The van der Waals surface area contributed by atoms with Crippen LogP contribution in [0.1, 0.15) is 36.0 Å². The molecule has 0 aliphatic carbocycles. The predicted molar refractivity (Wildman–Crippen MR) is 100 cm³/mol. The molecule has 2 aromatic rings. The molecule has 0 fully saturated rings. The zero-order valence-electron chi connectivity index (χ0n) is 14.6. The fraction of sp³-hybridized carbons (Fsp3) is 0.278. The molecule has 1 atom stereocenters. The number of anilines is 1. The third kappa shape index (κ3) is 4.35. The molecule has 1 aromatic heterocycles. The monoisotopic (exact) mass is 433 g/mol. The van der Waals surface area contributed by atoms with E-state index >= 15 is 0 Å². The number of nitrogens with zero attached hydrogens (tertiary/aromatic N) is 1. The summed E-state index contributed by atoms with van der Waals surface area (Å²) in [5.74, 6) is -2.30. The minimum absolute atomic E-state index is 0. The molecule has 1 aromatic carbocycles. The van der Waals surface area contributed by atoms with Gasteiger partial charge in [-0.2, -0.15) is 13.2 Å². The molecule has 1 amide bonds. The number of hydrogen-bond donors (Lipinski definition) is 2. The maximum absolute atomic E-state index is 13.4.